The van der Waals surface area contributed by atoms with Crippen LogP contribution in [0.15, 0.2) is 18.2 Å². The molecule has 3 N–H and O–H groups in total. The average molecular weight is 308 g/mol. The third-order valence-electron chi connectivity index (χ3n) is 3.77. The maximum absolute atomic E-state index is 13.4. The third-order valence-corrected chi connectivity index (χ3v) is 3.77. The zero-order valence-electron chi connectivity index (χ0n) is 12.6. The summed E-state index contributed by atoms with van der Waals surface area (Å²) in [7, 11) is 0. The number of aryl methyl sites for hydroxylation is 1. The van der Waals surface area contributed by atoms with Crippen molar-refractivity contribution in [1.82, 2.24) is 10.6 Å². The number of halogens is 1. The van der Waals surface area contributed by atoms with E-state index in [-0.39, 0.29) is 24.3 Å². The number of carbonyl (C=O) groups is 2. The molecule has 1 unspecified atom stereocenters. The Bertz CT molecular complexity index is 558. The third kappa shape index (κ3) is 4.72. The van der Waals surface area contributed by atoms with Crippen LogP contribution in [0.5, 0.6) is 0 Å². The van der Waals surface area contributed by atoms with Gasteiger partial charge in [-0.15, -0.1) is 0 Å². The molecule has 0 aromatic heterocycles. The standard InChI is InChI=1S/C16H21FN2O3/c1-10-9-12(6-7-13(10)17)15(11-4-5-11)19-16(22)18-8-2-3-14(20)21/h6-7,9,11,15H,2-5,8H2,1H3,(H,20,21)(H2,18,19,22). The molecule has 0 saturated heterocycles. The summed E-state index contributed by atoms with van der Waals surface area (Å²) in [5.74, 6) is -0.745. The predicted molar refractivity (Wildman–Crippen MR) is 80.0 cm³/mol. The number of aliphatic carboxylic acids is 1. The molecule has 5 nitrogen and oxygen atoms in total. The summed E-state index contributed by atoms with van der Waals surface area (Å²) in [6.07, 6.45) is 2.51. The molecule has 1 aliphatic rings. The molecule has 6 heteroatoms. The van der Waals surface area contributed by atoms with E-state index >= 15 is 0 Å². The summed E-state index contributed by atoms with van der Waals surface area (Å²) < 4.78 is 13.4. The molecule has 1 atom stereocenters. The van der Waals surface area contributed by atoms with Crippen LogP contribution in [0.25, 0.3) is 0 Å². The first-order valence-electron chi connectivity index (χ1n) is 7.49. The Hall–Kier alpha value is -2.11. The van der Waals surface area contributed by atoms with E-state index in [1.807, 2.05) is 0 Å². The molecule has 0 spiro atoms. The number of hydrogen-bond acceptors (Lipinski definition) is 2. The number of rotatable bonds is 7. The van der Waals surface area contributed by atoms with Gasteiger partial charge in [-0.25, -0.2) is 9.18 Å². The molecule has 1 aromatic rings. The van der Waals surface area contributed by atoms with E-state index in [4.69, 9.17) is 5.11 Å². The van der Waals surface area contributed by atoms with Gasteiger partial charge in [-0.3, -0.25) is 4.79 Å². The molecule has 1 saturated carbocycles. The Labute approximate surface area is 128 Å². The first kappa shape index (κ1) is 16.3. The normalized spacial score (nSPS) is 15.2. The fraction of sp³-hybridized carbons (Fsp3) is 0.500. The minimum Gasteiger partial charge on any atom is -0.481 e. The molecule has 0 bridgehead atoms. The fourth-order valence-corrected chi connectivity index (χ4v) is 2.40. The highest BCUT2D eigenvalue weighted by Gasteiger charge is 2.33. The first-order chi connectivity index (χ1) is 10.5. The van der Waals surface area contributed by atoms with E-state index in [1.165, 1.54) is 6.07 Å². The van der Waals surface area contributed by atoms with E-state index < -0.39 is 5.97 Å². The van der Waals surface area contributed by atoms with Gasteiger partial charge in [-0.2, -0.15) is 0 Å². The van der Waals surface area contributed by atoms with E-state index in [2.05, 4.69) is 10.6 Å². The highest BCUT2D eigenvalue weighted by Crippen LogP contribution is 2.41. The van der Waals surface area contributed by atoms with Gasteiger partial charge in [0.1, 0.15) is 5.82 Å². The van der Waals surface area contributed by atoms with Crippen LogP contribution in [0, 0.1) is 18.7 Å². The number of urea groups is 1. The van der Waals surface area contributed by atoms with Crippen molar-refractivity contribution in [3.8, 4) is 0 Å². The summed E-state index contributed by atoms with van der Waals surface area (Å²) in [6.45, 7) is 2.02. The molecule has 0 heterocycles. The molecule has 1 fully saturated rings. The number of benzene rings is 1. The molecule has 22 heavy (non-hydrogen) atoms. The van der Waals surface area contributed by atoms with Crippen molar-refractivity contribution in [3.05, 3.63) is 35.1 Å². The lowest BCUT2D eigenvalue weighted by Crippen LogP contribution is -2.39. The second-order valence-electron chi connectivity index (χ2n) is 5.72. The lowest BCUT2D eigenvalue weighted by molar-refractivity contribution is -0.137. The van der Waals surface area contributed by atoms with E-state index in [1.54, 1.807) is 19.1 Å². The SMILES string of the molecule is Cc1cc(C(NC(=O)NCCCC(=O)O)C2CC2)ccc1F. The Morgan fingerprint density at radius 3 is 2.73 bits per heavy atom. The van der Waals surface area contributed by atoms with E-state index in [0.717, 1.165) is 18.4 Å². The molecule has 120 valence electrons. The van der Waals surface area contributed by atoms with Crippen LogP contribution in [-0.2, 0) is 4.79 Å². The summed E-state index contributed by atoms with van der Waals surface area (Å²) in [5, 5.41) is 14.1. The van der Waals surface area contributed by atoms with Gasteiger partial charge >= 0.3 is 12.0 Å². The molecule has 0 radical (unpaired) electrons. The van der Waals surface area contributed by atoms with Gasteiger partial charge in [0.2, 0.25) is 0 Å². The summed E-state index contributed by atoms with van der Waals surface area (Å²) in [6, 6.07) is 4.45. The van der Waals surface area contributed by atoms with Crippen LogP contribution in [0.1, 0.15) is 42.9 Å². The van der Waals surface area contributed by atoms with Crippen LogP contribution in [0.2, 0.25) is 0 Å². The minimum absolute atomic E-state index is 0.0312. The van der Waals surface area contributed by atoms with Crippen molar-refractivity contribution in [2.24, 2.45) is 5.92 Å². The molecule has 1 aromatic carbocycles. The maximum atomic E-state index is 13.4. The molecule has 2 amide bonds. The van der Waals surface area contributed by atoms with Crippen LogP contribution in [-0.4, -0.2) is 23.7 Å². The number of carboxylic acid groups (broad SMARTS) is 1. The Kier molecular flexibility index (Phi) is 5.35. The largest absolute Gasteiger partial charge is 0.481 e. The van der Waals surface area contributed by atoms with Crippen molar-refractivity contribution >= 4 is 12.0 Å². The van der Waals surface area contributed by atoms with Crippen LogP contribution >= 0.6 is 0 Å². The number of hydrogen-bond donors (Lipinski definition) is 3. The van der Waals surface area contributed by atoms with Gasteiger partial charge in [0, 0.05) is 13.0 Å². The predicted octanol–water partition coefficient (Wildman–Crippen LogP) is 2.75. The van der Waals surface area contributed by atoms with E-state index in [9.17, 15) is 14.0 Å². The number of nitrogens with one attached hydrogen (secondary N) is 2. The zero-order chi connectivity index (χ0) is 16.1. The smallest absolute Gasteiger partial charge is 0.315 e. The van der Waals surface area contributed by atoms with Crippen molar-refractivity contribution in [2.45, 2.75) is 38.6 Å². The number of amides is 2. The average Bonchev–Trinajstić information content (AvgIpc) is 3.28. The first-order valence-corrected chi connectivity index (χ1v) is 7.49. The Morgan fingerprint density at radius 2 is 2.14 bits per heavy atom. The molecular weight excluding hydrogens is 287 g/mol. The highest BCUT2D eigenvalue weighted by molar-refractivity contribution is 5.74. The van der Waals surface area contributed by atoms with Crippen molar-refractivity contribution in [1.29, 1.82) is 0 Å². The van der Waals surface area contributed by atoms with Gasteiger partial charge in [-0.1, -0.05) is 12.1 Å². The van der Waals surface area contributed by atoms with Crippen LogP contribution < -0.4 is 10.6 Å². The monoisotopic (exact) mass is 308 g/mol. The number of carboxylic acids is 1. The second kappa shape index (κ2) is 7.24. The maximum Gasteiger partial charge on any atom is 0.315 e. The van der Waals surface area contributed by atoms with E-state index in [0.29, 0.717) is 24.4 Å². The lowest BCUT2D eigenvalue weighted by Gasteiger charge is -2.20. The molecule has 2 rings (SSSR count). The van der Waals surface area contributed by atoms with Gasteiger partial charge < -0.3 is 15.7 Å². The Balaban J connectivity index is 1.90. The number of carbonyl (C=O) groups excluding carboxylic acids is 1. The quantitative estimate of drug-likeness (QED) is 0.678. The second-order valence-corrected chi connectivity index (χ2v) is 5.72. The van der Waals surface area contributed by atoms with Crippen molar-refractivity contribution < 1.29 is 19.1 Å². The van der Waals surface area contributed by atoms with Gasteiger partial charge in [0.05, 0.1) is 6.04 Å². The van der Waals surface area contributed by atoms with Gasteiger partial charge in [-0.05, 0) is 49.3 Å². The summed E-state index contributed by atoms with van der Waals surface area (Å²) >= 11 is 0. The van der Waals surface area contributed by atoms with Crippen LogP contribution in [0.3, 0.4) is 0 Å². The minimum atomic E-state index is -0.875. The fourth-order valence-electron chi connectivity index (χ4n) is 2.40. The van der Waals surface area contributed by atoms with Crippen molar-refractivity contribution in [3.63, 3.8) is 0 Å². The molecule has 0 aliphatic heterocycles. The highest BCUT2D eigenvalue weighted by atomic mass is 19.1. The van der Waals surface area contributed by atoms with Crippen molar-refractivity contribution in [2.75, 3.05) is 6.54 Å². The summed E-state index contributed by atoms with van der Waals surface area (Å²) in [5.41, 5.74) is 1.47. The molecular formula is C16H21FN2O3. The van der Waals surface area contributed by atoms with Gasteiger partial charge in [0.15, 0.2) is 0 Å². The molecule has 1 aliphatic carbocycles. The van der Waals surface area contributed by atoms with Crippen LogP contribution in [0.4, 0.5) is 9.18 Å². The Morgan fingerprint density at radius 1 is 1.41 bits per heavy atom. The van der Waals surface area contributed by atoms with Gasteiger partial charge in [0.25, 0.3) is 0 Å². The summed E-state index contributed by atoms with van der Waals surface area (Å²) in [4.78, 5) is 22.3. The topological polar surface area (TPSA) is 78.4 Å². The lowest BCUT2D eigenvalue weighted by atomic mass is 10.0. The zero-order valence-corrected chi connectivity index (χ0v) is 12.6.